The Morgan fingerprint density at radius 3 is 2.59 bits per heavy atom. The lowest BCUT2D eigenvalue weighted by molar-refractivity contribution is -0.0118. The zero-order chi connectivity index (χ0) is 23.2. The molecule has 168 valence electrons. The fraction of sp³-hybridized carbons (Fsp3) is 0.273. The standard InChI is InChI=1S/C22H17BrCl3F2N3O/c1-11-19(21(32)30-18-9-15(25)14(24)8-16(18)26)13-7-12(23)3-4-17(13)29-20(11)31-6-2-5-22(27,28)10-31/h3-4,7-9H,2,5-6,10H2,1H3,(H,30,32). The molecule has 0 spiro atoms. The maximum atomic E-state index is 14.1. The highest BCUT2D eigenvalue weighted by Gasteiger charge is 2.36. The molecule has 1 aromatic heterocycles. The van der Waals surface area contributed by atoms with Crippen LogP contribution in [0, 0.1) is 6.92 Å². The Labute approximate surface area is 207 Å². The Hall–Kier alpha value is -1.67. The van der Waals surface area contributed by atoms with Crippen molar-refractivity contribution in [2.24, 2.45) is 0 Å². The number of piperidine rings is 1. The van der Waals surface area contributed by atoms with E-state index in [0.29, 0.717) is 40.8 Å². The average molecular weight is 564 g/mol. The Morgan fingerprint density at radius 2 is 1.88 bits per heavy atom. The largest absolute Gasteiger partial charge is 0.350 e. The summed E-state index contributed by atoms with van der Waals surface area (Å²) in [6, 6.07) is 8.21. The third-order valence-electron chi connectivity index (χ3n) is 5.34. The lowest BCUT2D eigenvalue weighted by Crippen LogP contribution is -2.43. The number of pyridine rings is 1. The number of nitrogens with zero attached hydrogens (tertiary/aromatic N) is 2. The first kappa shape index (κ1) is 23.5. The highest BCUT2D eigenvalue weighted by atomic mass is 79.9. The van der Waals surface area contributed by atoms with E-state index < -0.39 is 18.4 Å². The van der Waals surface area contributed by atoms with Crippen LogP contribution in [0.3, 0.4) is 0 Å². The van der Waals surface area contributed by atoms with Crippen molar-refractivity contribution in [2.45, 2.75) is 25.7 Å². The van der Waals surface area contributed by atoms with Gasteiger partial charge in [-0.3, -0.25) is 4.79 Å². The molecule has 0 saturated carbocycles. The highest BCUT2D eigenvalue weighted by Crippen LogP contribution is 2.36. The van der Waals surface area contributed by atoms with Crippen LogP contribution in [0.2, 0.25) is 15.1 Å². The van der Waals surface area contributed by atoms with E-state index in [4.69, 9.17) is 34.8 Å². The van der Waals surface area contributed by atoms with Gasteiger partial charge in [0.1, 0.15) is 5.82 Å². The highest BCUT2D eigenvalue weighted by molar-refractivity contribution is 9.10. The lowest BCUT2D eigenvalue weighted by atomic mass is 10.0. The van der Waals surface area contributed by atoms with E-state index in [1.165, 1.54) is 12.1 Å². The number of carbonyl (C=O) groups excluding carboxylic acids is 1. The van der Waals surface area contributed by atoms with Crippen molar-refractivity contribution in [1.29, 1.82) is 0 Å². The van der Waals surface area contributed by atoms with Crippen LogP contribution in [0.5, 0.6) is 0 Å². The maximum absolute atomic E-state index is 14.1. The number of benzene rings is 2. The molecule has 1 N–H and O–H groups in total. The summed E-state index contributed by atoms with van der Waals surface area (Å²) in [6.07, 6.45) is 0.180. The van der Waals surface area contributed by atoms with Gasteiger partial charge in [-0.2, -0.15) is 0 Å². The number of halogens is 6. The minimum Gasteiger partial charge on any atom is -0.350 e. The number of anilines is 2. The molecule has 1 saturated heterocycles. The van der Waals surface area contributed by atoms with Gasteiger partial charge in [0, 0.05) is 28.4 Å². The second kappa shape index (κ2) is 8.93. The molecular formula is C22H17BrCl3F2N3O. The van der Waals surface area contributed by atoms with Gasteiger partial charge in [-0.25, -0.2) is 13.8 Å². The quantitative estimate of drug-likeness (QED) is 0.332. The monoisotopic (exact) mass is 561 g/mol. The van der Waals surface area contributed by atoms with Crippen LogP contribution in [-0.2, 0) is 0 Å². The topological polar surface area (TPSA) is 45.2 Å². The molecular weight excluding hydrogens is 547 g/mol. The van der Waals surface area contributed by atoms with Gasteiger partial charge < -0.3 is 10.2 Å². The van der Waals surface area contributed by atoms with Gasteiger partial charge in [-0.15, -0.1) is 0 Å². The van der Waals surface area contributed by atoms with Gasteiger partial charge in [-0.05, 0) is 43.7 Å². The lowest BCUT2D eigenvalue weighted by Gasteiger charge is -2.34. The van der Waals surface area contributed by atoms with E-state index in [2.05, 4.69) is 26.2 Å². The van der Waals surface area contributed by atoms with Crippen LogP contribution in [0.25, 0.3) is 10.9 Å². The number of nitrogens with one attached hydrogen (secondary N) is 1. The number of alkyl halides is 2. The van der Waals surface area contributed by atoms with Crippen molar-refractivity contribution in [3.63, 3.8) is 0 Å². The van der Waals surface area contributed by atoms with Gasteiger partial charge in [0.2, 0.25) is 0 Å². The maximum Gasteiger partial charge on any atom is 0.265 e. The van der Waals surface area contributed by atoms with Crippen LogP contribution < -0.4 is 10.2 Å². The summed E-state index contributed by atoms with van der Waals surface area (Å²) in [4.78, 5) is 19.6. The number of hydrogen-bond acceptors (Lipinski definition) is 3. The van der Waals surface area contributed by atoms with Crippen molar-refractivity contribution in [2.75, 3.05) is 23.3 Å². The van der Waals surface area contributed by atoms with Crippen LogP contribution in [0.1, 0.15) is 28.8 Å². The second-order valence-corrected chi connectivity index (χ2v) is 9.82. The minimum atomic E-state index is -2.81. The number of rotatable bonds is 3. The van der Waals surface area contributed by atoms with Crippen molar-refractivity contribution < 1.29 is 13.6 Å². The second-order valence-electron chi connectivity index (χ2n) is 7.68. The molecule has 2 aromatic carbocycles. The number of carbonyl (C=O) groups is 1. The van der Waals surface area contributed by atoms with Gasteiger partial charge in [0.05, 0.1) is 38.4 Å². The molecule has 10 heteroatoms. The molecule has 1 aliphatic heterocycles. The first-order valence-electron chi connectivity index (χ1n) is 9.74. The number of aromatic nitrogens is 1. The molecule has 3 aromatic rings. The summed E-state index contributed by atoms with van der Waals surface area (Å²) in [5, 5.41) is 4.07. The molecule has 0 bridgehead atoms. The van der Waals surface area contributed by atoms with E-state index >= 15 is 0 Å². The molecule has 2 heterocycles. The summed E-state index contributed by atoms with van der Waals surface area (Å²) in [5.41, 5.74) is 1.63. The predicted octanol–water partition coefficient (Wildman–Crippen LogP) is 7.75. The van der Waals surface area contributed by atoms with Gasteiger partial charge in [0.25, 0.3) is 11.8 Å². The molecule has 4 nitrogen and oxygen atoms in total. The third kappa shape index (κ3) is 4.67. The van der Waals surface area contributed by atoms with Crippen molar-refractivity contribution in [3.8, 4) is 0 Å². The van der Waals surface area contributed by atoms with E-state index in [1.54, 1.807) is 30.0 Å². The molecule has 1 aliphatic rings. The van der Waals surface area contributed by atoms with Gasteiger partial charge >= 0.3 is 0 Å². The zero-order valence-electron chi connectivity index (χ0n) is 16.8. The van der Waals surface area contributed by atoms with E-state index in [0.717, 1.165) is 4.47 Å². The van der Waals surface area contributed by atoms with Crippen LogP contribution >= 0.6 is 50.7 Å². The fourth-order valence-corrected chi connectivity index (χ4v) is 4.82. The number of fused-ring (bicyclic) bond motifs is 1. The smallest absolute Gasteiger partial charge is 0.265 e. The molecule has 4 rings (SSSR count). The number of amides is 1. The molecule has 0 radical (unpaired) electrons. The normalized spacial score (nSPS) is 15.8. The van der Waals surface area contributed by atoms with Crippen molar-refractivity contribution in [3.05, 3.63) is 61.0 Å². The molecule has 0 atom stereocenters. The first-order chi connectivity index (χ1) is 15.1. The Morgan fingerprint density at radius 1 is 1.16 bits per heavy atom. The SMILES string of the molecule is Cc1c(N2CCCC(F)(F)C2)nc2ccc(Br)cc2c1C(=O)Nc1cc(Cl)c(Cl)cc1Cl. The fourth-order valence-electron chi connectivity index (χ4n) is 3.87. The average Bonchev–Trinajstić information content (AvgIpc) is 2.70. The summed E-state index contributed by atoms with van der Waals surface area (Å²) in [7, 11) is 0. The first-order valence-corrected chi connectivity index (χ1v) is 11.7. The van der Waals surface area contributed by atoms with E-state index in [9.17, 15) is 13.6 Å². The third-order valence-corrected chi connectivity index (χ3v) is 6.87. The molecule has 32 heavy (non-hydrogen) atoms. The summed E-state index contributed by atoms with van der Waals surface area (Å²) >= 11 is 21.7. The molecule has 1 fully saturated rings. The van der Waals surface area contributed by atoms with Gasteiger partial charge in [-0.1, -0.05) is 50.7 Å². The van der Waals surface area contributed by atoms with E-state index in [1.807, 2.05) is 0 Å². The molecule has 0 aliphatic carbocycles. The number of hydrogen-bond donors (Lipinski definition) is 1. The van der Waals surface area contributed by atoms with Crippen molar-refractivity contribution >= 4 is 79.0 Å². The van der Waals surface area contributed by atoms with Crippen LogP contribution in [0.4, 0.5) is 20.3 Å². The summed E-state index contributed by atoms with van der Waals surface area (Å²) in [6.45, 7) is 1.70. The van der Waals surface area contributed by atoms with Crippen LogP contribution in [-0.4, -0.2) is 29.9 Å². The van der Waals surface area contributed by atoms with Crippen LogP contribution in [0.15, 0.2) is 34.8 Å². The molecule has 0 unspecified atom stereocenters. The van der Waals surface area contributed by atoms with Crippen molar-refractivity contribution in [1.82, 2.24) is 4.98 Å². The van der Waals surface area contributed by atoms with Gasteiger partial charge in [0.15, 0.2) is 0 Å². The Kier molecular flexibility index (Phi) is 6.56. The zero-order valence-corrected chi connectivity index (χ0v) is 20.6. The predicted molar refractivity (Wildman–Crippen MR) is 130 cm³/mol. The van der Waals surface area contributed by atoms with E-state index in [-0.39, 0.29) is 27.2 Å². The Bertz CT molecular complexity index is 1240. The summed E-state index contributed by atoms with van der Waals surface area (Å²) < 4.78 is 29.0. The summed E-state index contributed by atoms with van der Waals surface area (Å²) in [5.74, 6) is -2.90. The minimum absolute atomic E-state index is 0.160. The molecule has 1 amide bonds. The Balaban J connectivity index is 1.83.